The molecule has 240 valence electrons. The average molecular weight is 650 g/mol. The number of fused-ring (bicyclic) bond motifs is 1. The number of hydrogen-bond acceptors (Lipinski definition) is 13. The third kappa shape index (κ3) is 9.01. The lowest BCUT2D eigenvalue weighted by atomic mass is 9.98. The molecule has 0 atom stereocenters. The predicted molar refractivity (Wildman–Crippen MR) is 164 cm³/mol. The first-order chi connectivity index (χ1) is 20.5. The van der Waals surface area contributed by atoms with Crippen LogP contribution in [0.15, 0.2) is 40.5 Å². The number of nitrogen functional groups attached to an aromatic ring is 1. The molecule has 2 heterocycles. The van der Waals surface area contributed by atoms with Crippen molar-refractivity contribution in [2.24, 2.45) is 10.8 Å². The van der Waals surface area contributed by atoms with Crippen molar-refractivity contribution >= 4 is 48.4 Å². The standard InChI is InChI=1S/C29H40N5O8PS/c1-19-8-10-20(11-9-19)44-23-21-22(32-26(30)33-23)34(15-31-21)14-29(12-13-29)40-18-43(37,41-16-38-24(35)27(2,3)4)42-17-39-25(36)28(5,6)7/h8-11,15H,12-14,16-18H2,1-7H3,(H2,30,32,33). The number of imidazole rings is 1. The molecular weight excluding hydrogens is 609 g/mol. The maximum Gasteiger partial charge on any atom is 0.361 e. The van der Waals surface area contributed by atoms with Crippen molar-refractivity contribution in [3.05, 3.63) is 36.2 Å². The largest absolute Gasteiger partial charge is 0.438 e. The Morgan fingerprint density at radius 2 is 1.55 bits per heavy atom. The topological polar surface area (TPSA) is 167 Å². The first-order valence-corrected chi connectivity index (χ1v) is 16.6. The number of esters is 2. The molecule has 13 nitrogen and oxygen atoms in total. The first kappa shape index (κ1) is 33.9. The van der Waals surface area contributed by atoms with E-state index in [9.17, 15) is 14.2 Å². The van der Waals surface area contributed by atoms with Crippen LogP contribution in [0.3, 0.4) is 0 Å². The molecule has 3 aromatic rings. The van der Waals surface area contributed by atoms with Gasteiger partial charge in [0.1, 0.15) is 16.9 Å². The lowest BCUT2D eigenvalue weighted by molar-refractivity contribution is -0.162. The minimum Gasteiger partial charge on any atom is -0.438 e. The van der Waals surface area contributed by atoms with Gasteiger partial charge in [-0.3, -0.25) is 23.2 Å². The fraction of sp³-hybridized carbons (Fsp3) is 0.552. The van der Waals surface area contributed by atoms with Gasteiger partial charge in [0.2, 0.25) is 19.5 Å². The van der Waals surface area contributed by atoms with E-state index in [-0.39, 0.29) is 5.95 Å². The van der Waals surface area contributed by atoms with Crippen molar-refractivity contribution in [1.29, 1.82) is 0 Å². The van der Waals surface area contributed by atoms with E-state index < -0.39 is 55.9 Å². The van der Waals surface area contributed by atoms with Gasteiger partial charge in [0, 0.05) is 4.90 Å². The summed E-state index contributed by atoms with van der Waals surface area (Å²) in [6.45, 7) is 11.2. The molecule has 1 fully saturated rings. The van der Waals surface area contributed by atoms with Gasteiger partial charge in [0.25, 0.3) is 0 Å². The molecule has 2 N–H and O–H groups in total. The average Bonchev–Trinajstić information content (AvgIpc) is 3.59. The van der Waals surface area contributed by atoms with Crippen LogP contribution < -0.4 is 5.73 Å². The second-order valence-electron chi connectivity index (χ2n) is 12.8. The highest BCUT2D eigenvalue weighted by atomic mass is 32.2. The van der Waals surface area contributed by atoms with Crippen LogP contribution in [0.25, 0.3) is 11.2 Å². The molecule has 0 bridgehead atoms. The maximum atomic E-state index is 13.6. The second kappa shape index (κ2) is 13.1. The van der Waals surface area contributed by atoms with Crippen molar-refractivity contribution in [3.63, 3.8) is 0 Å². The molecule has 44 heavy (non-hydrogen) atoms. The van der Waals surface area contributed by atoms with Crippen LogP contribution in [-0.4, -0.2) is 57.0 Å². The molecule has 2 aromatic heterocycles. The van der Waals surface area contributed by atoms with Gasteiger partial charge in [0.05, 0.1) is 29.3 Å². The zero-order chi connectivity index (χ0) is 32.3. The van der Waals surface area contributed by atoms with Crippen molar-refractivity contribution in [1.82, 2.24) is 19.5 Å². The van der Waals surface area contributed by atoms with Gasteiger partial charge in [-0.2, -0.15) is 4.98 Å². The number of aryl methyl sites for hydroxylation is 1. The smallest absolute Gasteiger partial charge is 0.361 e. The summed E-state index contributed by atoms with van der Waals surface area (Å²) in [4.78, 5) is 38.7. The van der Waals surface area contributed by atoms with Gasteiger partial charge >= 0.3 is 19.5 Å². The Kier molecular flexibility index (Phi) is 10.1. The van der Waals surface area contributed by atoms with E-state index in [1.54, 1.807) is 47.9 Å². The van der Waals surface area contributed by atoms with Crippen molar-refractivity contribution in [3.8, 4) is 0 Å². The molecule has 1 aromatic carbocycles. The second-order valence-corrected chi connectivity index (χ2v) is 15.8. The molecule has 0 amide bonds. The highest BCUT2D eigenvalue weighted by Gasteiger charge is 2.47. The van der Waals surface area contributed by atoms with E-state index in [0.717, 1.165) is 10.5 Å². The molecule has 0 saturated heterocycles. The fourth-order valence-electron chi connectivity index (χ4n) is 3.72. The van der Waals surface area contributed by atoms with E-state index in [1.165, 1.54) is 11.8 Å². The summed E-state index contributed by atoms with van der Waals surface area (Å²) in [7, 11) is -4.04. The number of hydrogen-bond donors (Lipinski definition) is 1. The molecule has 0 radical (unpaired) electrons. The molecule has 15 heteroatoms. The SMILES string of the molecule is Cc1ccc(Sc2nc(N)nc3c2ncn3CC2(OCP(=O)(OCOC(=O)C(C)(C)C)OCOC(=O)C(C)(C)C)CC2)cc1. The van der Waals surface area contributed by atoms with E-state index in [4.69, 9.17) is 29.0 Å². The lowest BCUT2D eigenvalue weighted by Gasteiger charge is -2.24. The van der Waals surface area contributed by atoms with Gasteiger partial charge in [-0.25, -0.2) is 9.97 Å². The van der Waals surface area contributed by atoms with Crippen LogP contribution >= 0.6 is 19.4 Å². The Bertz CT molecular complexity index is 1510. The number of ether oxygens (including phenoxy) is 3. The lowest BCUT2D eigenvalue weighted by Crippen LogP contribution is -2.26. The third-order valence-corrected chi connectivity index (χ3v) is 9.01. The molecular formula is C29H40N5O8PS. The van der Waals surface area contributed by atoms with Gasteiger partial charge in [0.15, 0.2) is 5.65 Å². The predicted octanol–water partition coefficient (Wildman–Crippen LogP) is 5.69. The van der Waals surface area contributed by atoms with Crippen molar-refractivity contribution < 1.29 is 37.4 Å². The number of aromatic nitrogens is 4. The molecule has 1 aliphatic carbocycles. The highest BCUT2D eigenvalue weighted by molar-refractivity contribution is 7.99. The number of nitrogens with two attached hydrogens (primary N) is 1. The van der Waals surface area contributed by atoms with Crippen LogP contribution in [0.5, 0.6) is 0 Å². The molecule has 4 rings (SSSR count). The number of carbonyl (C=O) groups excluding carboxylic acids is 2. The number of nitrogens with zero attached hydrogens (tertiary/aromatic N) is 4. The van der Waals surface area contributed by atoms with Gasteiger partial charge in [-0.15, -0.1) is 0 Å². The number of anilines is 1. The third-order valence-electron chi connectivity index (χ3n) is 6.58. The summed E-state index contributed by atoms with van der Waals surface area (Å²) in [5.74, 6) is -0.979. The maximum absolute atomic E-state index is 13.6. The van der Waals surface area contributed by atoms with E-state index >= 15 is 0 Å². The molecule has 0 unspecified atom stereocenters. The monoisotopic (exact) mass is 649 g/mol. The molecule has 0 aliphatic heterocycles. The minimum absolute atomic E-state index is 0.112. The van der Waals surface area contributed by atoms with Crippen molar-refractivity contribution in [2.45, 2.75) is 83.4 Å². The van der Waals surface area contributed by atoms with Gasteiger partial charge in [-0.1, -0.05) is 29.5 Å². The zero-order valence-corrected chi connectivity index (χ0v) is 27.8. The Labute approximate surface area is 261 Å². The van der Waals surface area contributed by atoms with E-state index in [2.05, 4.69) is 15.0 Å². The summed E-state index contributed by atoms with van der Waals surface area (Å²) in [6.07, 6.45) is 2.50. The summed E-state index contributed by atoms with van der Waals surface area (Å²) >= 11 is 1.44. The Balaban J connectivity index is 1.45. The molecule has 0 spiro atoms. The Morgan fingerprint density at radius 3 is 2.07 bits per heavy atom. The minimum atomic E-state index is -4.04. The summed E-state index contributed by atoms with van der Waals surface area (Å²) in [5, 5.41) is 0.627. The van der Waals surface area contributed by atoms with E-state index in [0.29, 0.717) is 35.6 Å². The van der Waals surface area contributed by atoms with E-state index in [1.807, 2.05) is 35.8 Å². The Morgan fingerprint density at radius 1 is 0.977 bits per heavy atom. The first-order valence-electron chi connectivity index (χ1n) is 14.1. The number of rotatable bonds is 13. The quantitative estimate of drug-likeness (QED) is 0.104. The van der Waals surface area contributed by atoms with Gasteiger partial charge in [-0.05, 0) is 73.4 Å². The summed E-state index contributed by atoms with van der Waals surface area (Å²) in [5.41, 5.74) is 6.08. The van der Waals surface area contributed by atoms with Crippen LogP contribution in [-0.2, 0) is 44.0 Å². The highest BCUT2D eigenvalue weighted by Crippen LogP contribution is 2.52. The zero-order valence-electron chi connectivity index (χ0n) is 26.1. The Hall–Kier alpha value is -3.03. The summed E-state index contributed by atoms with van der Waals surface area (Å²) in [6, 6.07) is 8.05. The number of carbonyl (C=O) groups is 2. The summed E-state index contributed by atoms with van der Waals surface area (Å²) < 4.78 is 42.6. The van der Waals surface area contributed by atoms with Gasteiger partial charge < -0.3 is 24.5 Å². The molecule has 1 aliphatic rings. The normalized spacial score (nSPS) is 14.9. The van der Waals surface area contributed by atoms with Crippen molar-refractivity contribution in [2.75, 3.05) is 25.7 Å². The van der Waals surface area contributed by atoms with Crippen LogP contribution in [0, 0.1) is 17.8 Å². The van der Waals surface area contributed by atoms with Crippen LogP contribution in [0.1, 0.15) is 59.9 Å². The fourth-order valence-corrected chi connectivity index (χ4v) is 5.68. The van der Waals surface area contributed by atoms with Crippen LogP contribution in [0.4, 0.5) is 5.95 Å². The number of benzene rings is 1. The molecule has 1 saturated carbocycles. The van der Waals surface area contributed by atoms with Crippen LogP contribution in [0.2, 0.25) is 0 Å².